The van der Waals surface area contributed by atoms with Crippen LogP contribution in [0.25, 0.3) is 0 Å². The summed E-state index contributed by atoms with van der Waals surface area (Å²) in [6.07, 6.45) is 2.20. The van der Waals surface area contributed by atoms with Crippen molar-refractivity contribution in [1.82, 2.24) is 4.98 Å². The van der Waals surface area contributed by atoms with Gasteiger partial charge in [0, 0.05) is 6.07 Å². The van der Waals surface area contributed by atoms with Gasteiger partial charge in [-0.25, -0.2) is 13.8 Å². The molecular formula is C10H6F2N2O2. The summed E-state index contributed by atoms with van der Waals surface area (Å²) in [5.74, 6) is -2.19. The van der Waals surface area contributed by atoms with Crippen molar-refractivity contribution in [2.24, 2.45) is 0 Å². The van der Waals surface area contributed by atoms with Crippen LogP contribution in [0.15, 0.2) is 35.3 Å². The van der Waals surface area contributed by atoms with Gasteiger partial charge in [-0.05, 0) is 12.1 Å². The van der Waals surface area contributed by atoms with Crippen LogP contribution in [0.1, 0.15) is 10.5 Å². The lowest BCUT2D eigenvalue weighted by Gasteiger charge is -2.03. The zero-order chi connectivity index (χ0) is 11.5. The summed E-state index contributed by atoms with van der Waals surface area (Å²) in [4.78, 5) is 15.0. The van der Waals surface area contributed by atoms with Gasteiger partial charge in [-0.2, -0.15) is 0 Å². The Kier molecular flexibility index (Phi) is 2.63. The quantitative estimate of drug-likeness (QED) is 0.850. The molecule has 0 saturated heterocycles. The number of anilines is 1. The second kappa shape index (κ2) is 4.09. The third-order valence-corrected chi connectivity index (χ3v) is 1.84. The number of carbonyl (C=O) groups excluding carboxylic acids is 1. The maximum Gasteiger partial charge on any atom is 0.277 e. The van der Waals surface area contributed by atoms with Crippen molar-refractivity contribution in [3.63, 3.8) is 0 Å². The van der Waals surface area contributed by atoms with E-state index in [0.29, 0.717) is 6.07 Å². The molecule has 1 aromatic heterocycles. The lowest BCUT2D eigenvalue weighted by Crippen LogP contribution is -2.13. The molecule has 0 aliphatic rings. The van der Waals surface area contributed by atoms with Gasteiger partial charge in [0.1, 0.15) is 17.9 Å². The van der Waals surface area contributed by atoms with Crippen LogP contribution in [0, 0.1) is 11.6 Å². The SMILES string of the molecule is O=C(Nc1ccc(F)cc1F)c1cocn1. The van der Waals surface area contributed by atoms with Crippen LogP contribution >= 0.6 is 0 Å². The molecule has 0 aliphatic heterocycles. The van der Waals surface area contributed by atoms with Crippen molar-refractivity contribution in [2.45, 2.75) is 0 Å². The fourth-order valence-corrected chi connectivity index (χ4v) is 1.10. The molecule has 0 atom stereocenters. The van der Waals surface area contributed by atoms with Crippen molar-refractivity contribution in [1.29, 1.82) is 0 Å². The molecule has 0 saturated carbocycles. The van der Waals surface area contributed by atoms with Gasteiger partial charge in [0.15, 0.2) is 12.1 Å². The normalized spacial score (nSPS) is 10.1. The van der Waals surface area contributed by atoms with E-state index in [9.17, 15) is 13.6 Å². The summed E-state index contributed by atoms with van der Waals surface area (Å²) in [7, 11) is 0. The molecule has 0 aliphatic carbocycles. The van der Waals surface area contributed by atoms with Crippen molar-refractivity contribution < 1.29 is 18.0 Å². The van der Waals surface area contributed by atoms with Crippen LogP contribution in [0.2, 0.25) is 0 Å². The monoisotopic (exact) mass is 224 g/mol. The number of carbonyl (C=O) groups is 1. The first kappa shape index (κ1) is 10.3. The third-order valence-electron chi connectivity index (χ3n) is 1.84. The highest BCUT2D eigenvalue weighted by atomic mass is 19.1. The van der Waals surface area contributed by atoms with E-state index in [4.69, 9.17) is 0 Å². The lowest BCUT2D eigenvalue weighted by atomic mass is 10.3. The average Bonchev–Trinajstić information content (AvgIpc) is 2.75. The smallest absolute Gasteiger partial charge is 0.277 e. The van der Waals surface area contributed by atoms with Crippen LogP contribution in [-0.4, -0.2) is 10.9 Å². The van der Waals surface area contributed by atoms with Crippen molar-refractivity contribution >= 4 is 11.6 Å². The molecular weight excluding hydrogens is 218 g/mol. The molecule has 1 amide bonds. The first-order valence-electron chi connectivity index (χ1n) is 4.31. The Hall–Kier alpha value is -2.24. The van der Waals surface area contributed by atoms with Gasteiger partial charge in [-0.3, -0.25) is 4.79 Å². The Morgan fingerprint density at radius 1 is 1.38 bits per heavy atom. The van der Waals surface area contributed by atoms with E-state index in [0.717, 1.165) is 24.8 Å². The lowest BCUT2D eigenvalue weighted by molar-refractivity contribution is 0.102. The van der Waals surface area contributed by atoms with E-state index in [1.54, 1.807) is 0 Å². The summed E-state index contributed by atoms with van der Waals surface area (Å²) < 4.78 is 30.3. The standard InChI is InChI=1S/C10H6F2N2O2/c11-6-1-2-8(7(12)3-6)14-10(15)9-4-16-5-13-9/h1-5H,(H,14,15). The summed E-state index contributed by atoms with van der Waals surface area (Å²) in [5.41, 5.74) is -0.0990. The van der Waals surface area contributed by atoms with E-state index in [1.807, 2.05) is 0 Å². The topological polar surface area (TPSA) is 55.1 Å². The fourth-order valence-electron chi connectivity index (χ4n) is 1.10. The van der Waals surface area contributed by atoms with Crippen molar-refractivity contribution in [2.75, 3.05) is 5.32 Å². The number of nitrogens with zero attached hydrogens (tertiary/aromatic N) is 1. The molecule has 1 aromatic carbocycles. The van der Waals surface area contributed by atoms with E-state index < -0.39 is 17.5 Å². The number of benzene rings is 1. The van der Waals surface area contributed by atoms with Gasteiger partial charge in [0.2, 0.25) is 0 Å². The number of amides is 1. The maximum absolute atomic E-state index is 13.2. The van der Waals surface area contributed by atoms with Gasteiger partial charge in [-0.15, -0.1) is 0 Å². The Morgan fingerprint density at radius 3 is 2.81 bits per heavy atom. The van der Waals surface area contributed by atoms with E-state index in [2.05, 4.69) is 14.7 Å². The van der Waals surface area contributed by atoms with Gasteiger partial charge in [-0.1, -0.05) is 0 Å². The molecule has 1 heterocycles. The fraction of sp³-hybridized carbons (Fsp3) is 0. The zero-order valence-electron chi connectivity index (χ0n) is 7.91. The molecule has 0 fully saturated rings. The predicted molar refractivity (Wildman–Crippen MR) is 50.8 cm³/mol. The van der Waals surface area contributed by atoms with Gasteiger partial charge < -0.3 is 9.73 Å². The molecule has 0 radical (unpaired) electrons. The Balaban J connectivity index is 2.18. The number of aromatic nitrogens is 1. The average molecular weight is 224 g/mol. The summed E-state index contributed by atoms with van der Waals surface area (Å²) in [5, 5.41) is 2.24. The number of hydrogen-bond acceptors (Lipinski definition) is 3. The molecule has 16 heavy (non-hydrogen) atoms. The van der Waals surface area contributed by atoms with Gasteiger partial charge in [0.25, 0.3) is 5.91 Å². The number of nitrogens with one attached hydrogen (secondary N) is 1. The minimum atomic E-state index is -0.850. The second-order valence-corrected chi connectivity index (χ2v) is 2.95. The Labute approximate surface area is 88.9 Å². The number of oxazole rings is 1. The highest BCUT2D eigenvalue weighted by molar-refractivity contribution is 6.02. The molecule has 0 spiro atoms. The minimum absolute atomic E-state index is 0.0173. The van der Waals surface area contributed by atoms with E-state index >= 15 is 0 Å². The predicted octanol–water partition coefficient (Wildman–Crippen LogP) is 2.21. The van der Waals surface area contributed by atoms with Gasteiger partial charge >= 0.3 is 0 Å². The summed E-state index contributed by atoms with van der Waals surface area (Å²) >= 11 is 0. The van der Waals surface area contributed by atoms with Crippen LogP contribution in [0.5, 0.6) is 0 Å². The number of rotatable bonds is 2. The maximum atomic E-state index is 13.2. The van der Waals surface area contributed by atoms with Crippen LogP contribution in [0.4, 0.5) is 14.5 Å². The van der Waals surface area contributed by atoms with E-state index in [-0.39, 0.29) is 11.4 Å². The first-order valence-corrected chi connectivity index (χ1v) is 4.31. The number of halogens is 2. The summed E-state index contributed by atoms with van der Waals surface area (Å²) in [6, 6.07) is 2.85. The summed E-state index contributed by atoms with van der Waals surface area (Å²) in [6.45, 7) is 0. The molecule has 2 rings (SSSR count). The minimum Gasteiger partial charge on any atom is -0.451 e. The molecule has 0 unspecified atom stereocenters. The van der Waals surface area contributed by atoms with Crippen molar-refractivity contribution in [3.8, 4) is 0 Å². The van der Waals surface area contributed by atoms with Gasteiger partial charge in [0.05, 0.1) is 5.69 Å². The molecule has 0 bridgehead atoms. The third kappa shape index (κ3) is 2.05. The Morgan fingerprint density at radius 2 is 2.19 bits per heavy atom. The van der Waals surface area contributed by atoms with Crippen LogP contribution in [-0.2, 0) is 0 Å². The van der Waals surface area contributed by atoms with Crippen LogP contribution < -0.4 is 5.32 Å². The number of hydrogen-bond donors (Lipinski definition) is 1. The molecule has 6 heteroatoms. The molecule has 82 valence electrons. The first-order chi connectivity index (χ1) is 7.66. The Bertz CT molecular complexity index is 512. The molecule has 1 N–H and O–H groups in total. The molecule has 2 aromatic rings. The highest BCUT2D eigenvalue weighted by Gasteiger charge is 2.11. The second-order valence-electron chi connectivity index (χ2n) is 2.95. The largest absolute Gasteiger partial charge is 0.451 e. The van der Waals surface area contributed by atoms with Crippen LogP contribution in [0.3, 0.4) is 0 Å². The molecule has 4 nitrogen and oxygen atoms in total. The van der Waals surface area contributed by atoms with Crippen molar-refractivity contribution in [3.05, 3.63) is 48.2 Å². The van der Waals surface area contributed by atoms with E-state index in [1.165, 1.54) is 0 Å². The zero-order valence-corrected chi connectivity index (χ0v) is 7.91. The highest BCUT2D eigenvalue weighted by Crippen LogP contribution is 2.15.